The molecule has 4 heteroatoms. The van der Waals surface area contributed by atoms with Crippen LogP contribution in [0.3, 0.4) is 0 Å². The van der Waals surface area contributed by atoms with Gasteiger partial charge in [-0.25, -0.2) is 4.98 Å². The molecule has 0 bridgehead atoms. The summed E-state index contributed by atoms with van der Waals surface area (Å²) in [7, 11) is 0. The van der Waals surface area contributed by atoms with Crippen LogP contribution in [-0.4, -0.2) is 9.55 Å². The van der Waals surface area contributed by atoms with Crippen LogP contribution in [0.5, 0.6) is 0 Å². The number of hydrogen-bond acceptors (Lipinski definition) is 1. The van der Waals surface area contributed by atoms with Crippen LogP contribution < -0.4 is 0 Å². The fraction of sp³-hybridized carbons (Fsp3) is 0.188. The maximum Gasteiger partial charge on any atom is 0.113 e. The Balaban J connectivity index is 0.00000147. The molecule has 0 aliphatic heterocycles. The number of benzene rings is 2. The summed E-state index contributed by atoms with van der Waals surface area (Å²) < 4.78 is 2.18. The molecule has 0 fully saturated rings. The zero-order valence-corrected chi connectivity index (χ0v) is 12.8. The van der Waals surface area contributed by atoms with Crippen molar-refractivity contribution in [2.45, 2.75) is 19.2 Å². The Kier molecular flexibility index (Phi) is 4.69. The number of aromatic nitrogens is 2. The summed E-state index contributed by atoms with van der Waals surface area (Å²) in [5, 5.41) is 2.46. The molecule has 0 aliphatic carbocycles. The zero-order chi connectivity index (χ0) is 13.2. The molecule has 104 valence electrons. The molecule has 0 aliphatic rings. The number of rotatable bonds is 3. The minimum absolute atomic E-state index is 0. The lowest BCUT2D eigenvalue weighted by molar-refractivity contribution is 0.872. The van der Waals surface area contributed by atoms with Crippen LogP contribution in [-0.2, 0) is 12.3 Å². The predicted octanol–water partition coefficient (Wildman–Crippen LogP) is 4.75. The molecule has 2 aromatic carbocycles. The average molecular weight is 307 g/mol. The summed E-state index contributed by atoms with van der Waals surface area (Å²) >= 11 is 6.04. The third-order valence-electron chi connectivity index (χ3n) is 3.37. The van der Waals surface area contributed by atoms with Gasteiger partial charge in [0.15, 0.2) is 0 Å². The van der Waals surface area contributed by atoms with Gasteiger partial charge < -0.3 is 0 Å². The van der Waals surface area contributed by atoms with Gasteiger partial charge in [0.05, 0.1) is 23.5 Å². The third-order valence-corrected chi connectivity index (χ3v) is 3.64. The standard InChI is InChI=1S/C16H15ClN2.ClH/c1-2-16-18-11-13(10-17)19(16)15-9-5-7-12-6-3-4-8-14(12)15;/h3-9,11H,2,10H2,1H3;1H. The first-order chi connectivity index (χ1) is 9.35. The molecule has 0 radical (unpaired) electrons. The third kappa shape index (κ3) is 2.41. The van der Waals surface area contributed by atoms with Crippen LogP contribution in [0.2, 0.25) is 0 Å². The Morgan fingerprint density at radius 2 is 1.85 bits per heavy atom. The Morgan fingerprint density at radius 1 is 1.10 bits per heavy atom. The van der Waals surface area contributed by atoms with E-state index in [1.54, 1.807) is 0 Å². The molecular weight excluding hydrogens is 291 g/mol. The highest BCUT2D eigenvalue weighted by Crippen LogP contribution is 2.25. The Bertz CT molecular complexity index is 693. The van der Waals surface area contributed by atoms with Gasteiger partial charge in [-0.3, -0.25) is 4.57 Å². The van der Waals surface area contributed by atoms with Gasteiger partial charge in [-0.2, -0.15) is 0 Å². The molecule has 1 heterocycles. The van der Waals surface area contributed by atoms with E-state index in [0.29, 0.717) is 5.88 Å². The Hall–Kier alpha value is -1.51. The highest BCUT2D eigenvalue weighted by molar-refractivity contribution is 6.17. The molecule has 3 aromatic rings. The second-order valence-electron chi connectivity index (χ2n) is 4.49. The van der Waals surface area contributed by atoms with E-state index in [1.165, 1.54) is 10.8 Å². The largest absolute Gasteiger partial charge is 0.299 e. The molecule has 20 heavy (non-hydrogen) atoms. The average Bonchev–Trinajstić information content (AvgIpc) is 2.89. The Morgan fingerprint density at radius 3 is 2.60 bits per heavy atom. The number of alkyl halides is 1. The van der Waals surface area contributed by atoms with Crippen molar-refractivity contribution < 1.29 is 0 Å². The number of hydrogen-bond donors (Lipinski definition) is 0. The van der Waals surface area contributed by atoms with Crippen molar-refractivity contribution in [2.24, 2.45) is 0 Å². The molecule has 0 atom stereocenters. The van der Waals surface area contributed by atoms with E-state index in [9.17, 15) is 0 Å². The van der Waals surface area contributed by atoms with Crippen molar-refractivity contribution in [3.63, 3.8) is 0 Å². The highest BCUT2D eigenvalue weighted by Gasteiger charge is 2.11. The van der Waals surface area contributed by atoms with Gasteiger partial charge in [0, 0.05) is 11.8 Å². The molecule has 0 unspecified atom stereocenters. The fourth-order valence-corrected chi connectivity index (χ4v) is 2.66. The van der Waals surface area contributed by atoms with E-state index < -0.39 is 0 Å². The second kappa shape index (κ2) is 6.29. The smallest absolute Gasteiger partial charge is 0.113 e. The molecule has 0 spiro atoms. The van der Waals surface area contributed by atoms with Crippen LogP contribution >= 0.6 is 24.0 Å². The molecule has 0 N–H and O–H groups in total. The lowest BCUT2D eigenvalue weighted by Gasteiger charge is -2.13. The summed E-state index contributed by atoms with van der Waals surface area (Å²) in [6, 6.07) is 14.7. The van der Waals surface area contributed by atoms with E-state index in [-0.39, 0.29) is 12.4 Å². The van der Waals surface area contributed by atoms with Crippen molar-refractivity contribution in [1.82, 2.24) is 9.55 Å². The van der Waals surface area contributed by atoms with Gasteiger partial charge >= 0.3 is 0 Å². The maximum absolute atomic E-state index is 6.04. The first kappa shape index (κ1) is 14.9. The molecule has 0 saturated heterocycles. The summed E-state index contributed by atoms with van der Waals surface area (Å²) in [5.74, 6) is 1.52. The van der Waals surface area contributed by atoms with E-state index in [1.807, 2.05) is 6.20 Å². The lowest BCUT2D eigenvalue weighted by Crippen LogP contribution is -2.04. The van der Waals surface area contributed by atoms with Gasteiger partial charge in [0.1, 0.15) is 5.82 Å². The fourth-order valence-electron chi connectivity index (χ4n) is 2.47. The highest BCUT2D eigenvalue weighted by atomic mass is 35.5. The van der Waals surface area contributed by atoms with Gasteiger partial charge in [-0.1, -0.05) is 43.3 Å². The van der Waals surface area contributed by atoms with Gasteiger partial charge in [-0.15, -0.1) is 24.0 Å². The first-order valence-corrected chi connectivity index (χ1v) is 6.98. The van der Waals surface area contributed by atoms with E-state index in [0.717, 1.165) is 23.6 Å². The van der Waals surface area contributed by atoms with Crippen LogP contribution in [0.1, 0.15) is 18.4 Å². The molecule has 2 nitrogen and oxygen atoms in total. The van der Waals surface area contributed by atoms with Gasteiger partial charge in [0.25, 0.3) is 0 Å². The summed E-state index contributed by atoms with van der Waals surface area (Å²) in [5.41, 5.74) is 2.19. The predicted molar refractivity (Wildman–Crippen MR) is 87.3 cm³/mol. The van der Waals surface area contributed by atoms with Crippen molar-refractivity contribution >= 4 is 34.8 Å². The van der Waals surface area contributed by atoms with Crippen LogP contribution in [0.15, 0.2) is 48.7 Å². The van der Waals surface area contributed by atoms with Gasteiger partial charge in [-0.05, 0) is 11.5 Å². The molecule has 1 aromatic heterocycles. The zero-order valence-electron chi connectivity index (χ0n) is 11.2. The molecule has 0 amide bonds. The first-order valence-electron chi connectivity index (χ1n) is 6.44. The number of fused-ring (bicyclic) bond motifs is 1. The normalized spacial score (nSPS) is 10.5. The minimum Gasteiger partial charge on any atom is -0.299 e. The van der Waals surface area contributed by atoms with E-state index in [2.05, 4.69) is 58.9 Å². The van der Waals surface area contributed by atoms with Gasteiger partial charge in [0.2, 0.25) is 0 Å². The Labute approximate surface area is 129 Å². The molecular formula is C16H16Cl2N2. The van der Waals surface area contributed by atoms with Crippen molar-refractivity contribution in [1.29, 1.82) is 0 Å². The second-order valence-corrected chi connectivity index (χ2v) is 4.75. The monoisotopic (exact) mass is 306 g/mol. The van der Waals surface area contributed by atoms with Crippen molar-refractivity contribution in [3.8, 4) is 5.69 Å². The quantitative estimate of drug-likeness (QED) is 0.639. The minimum atomic E-state index is 0. The topological polar surface area (TPSA) is 17.8 Å². The number of aryl methyl sites for hydroxylation is 1. The number of halogens is 2. The number of imidazole rings is 1. The SMILES string of the molecule is CCc1ncc(CCl)n1-c1cccc2ccccc12.Cl. The summed E-state index contributed by atoms with van der Waals surface area (Å²) in [4.78, 5) is 4.47. The molecule has 0 saturated carbocycles. The van der Waals surface area contributed by atoms with Crippen molar-refractivity contribution in [2.75, 3.05) is 0 Å². The number of nitrogens with zero attached hydrogens (tertiary/aromatic N) is 2. The van der Waals surface area contributed by atoms with Crippen LogP contribution in [0.25, 0.3) is 16.5 Å². The summed E-state index contributed by atoms with van der Waals surface area (Å²) in [6.07, 6.45) is 2.76. The van der Waals surface area contributed by atoms with Crippen LogP contribution in [0, 0.1) is 0 Å². The lowest BCUT2D eigenvalue weighted by atomic mass is 10.1. The maximum atomic E-state index is 6.04. The molecule has 3 rings (SSSR count). The van der Waals surface area contributed by atoms with Crippen LogP contribution in [0.4, 0.5) is 0 Å². The van der Waals surface area contributed by atoms with Crippen molar-refractivity contribution in [3.05, 3.63) is 60.2 Å². The van der Waals surface area contributed by atoms with E-state index >= 15 is 0 Å². The summed E-state index contributed by atoms with van der Waals surface area (Å²) in [6.45, 7) is 2.11. The van der Waals surface area contributed by atoms with E-state index in [4.69, 9.17) is 11.6 Å².